The Kier molecular flexibility index (Phi) is 9.29. The molecule has 38 heavy (non-hydrogen) atoms. The molecule has 0 aliphatic heterocycles. The standard InChI is InChI=1S/C36H44N2/c1-25-19-33(37)20-26(2)35(25)23-31-15-11-29(12-16-31)9-7-5-6-8-10-30-13-17-32(18-14-30)24-36-27(3)21-34(38)22-28(36)4/h11-22H,5-10,23-24,37-38H2,1-4H3. The number of hydrogen-bond acceptors (Lipinski definition) is 2. The highest BCUT2D eigenvalue weighted by Gasteiger charge is 2.07. The molecule has 0 atom stereocenters. The van der Waals surface area contributed by atoms with Gasteiger partial charge in [0.25, 0.3) is 0 Å². The predicted molar refractivity (Wildman–Crippen MR) is 165 cm³/mol. The minimum Gasteiger partial charge on any atom is -0.399 e. The first kappa shape index (κ1) is 27.5. The quantitative estimate of drug-likeness (QED) is 0.159. The molecule has 4 aromatic carbocycles. The van der Waals surface area contributed by atoms with Gasteiger partial charge in [-0.2, -0.15) is 0 Å². The van der Waals surface area contributed by atoms with Crippen LogP contribution in [-0.2, 0) is 25.7 Å². The van der Waals surface area contributed by atoms with E-state index in [2.05, 4.69) is 100 Å². The van der Waals surface area contributed by atoms with Crippen LogP contribution in [0.4, 0.5) is 11.4 Å². The topological polar surface area (TPSA) is 52.0 Å². The number of anilines is 2. The van der Waals surface area contributed by atoms with Crippen molar-refractivity contribution in [2.75, 3.05) is 11.5 Å². The van der Waals surface area contributed by atoms with E-state index in [1.165, 1.54) is 94.2 Å². The summed E-state index contributed by atoms with van der Waals surface area (Å²) in [5, 5.41) is 0. The normalized spacial score (nSPS) is 11.2. The van der Waals surface area contributed by atoms with Gasteiger partial charge in [0.15, 0.2) is 0 Å². The highest BCUT2D eigenvalue weighted by atomic mass is 14.5. The van der Waals surface area contributed by atoms with E-state index in [1.807, 2.05) is 0 Å². The zero-order valence-electron chi connectivity index (χ0n) is 23.7. The van der Waals surface area contributed by atoms with Gasteiger partial charge in [-0.25, -0.2) is 0 Å². The number of hydrogen-bond donors (Lipinski definition) is 2. The molecule has 0 unspecified atom stereocenters. The SMILES string of the molecule is Cc1cc(N)cc(C)c1Cc1ccc(CCCCCCc2ccc(Cc3c(C)cc(N)cc3C)cc2)cc1. The van der Waals surface area contributed by atoms with E-state index < -0.39 is 0 Å². The minimum absolute atomic E-state index is 0.854. The van der Waals surface area contributed by atoms with Gasteiger partial charge in [-0.05, 0) is 146 Å². The molecule has 0 saturated heterocycles. The van der Waals surface area contributed by atoms with Gasteiger partial charge < -0.3 is 11.5 Å². The van der Waals surface area contributed by atoms with Gasteiger partial charge in [0, 0.05) is 11.4 Å². The molecule has 0 amide bonds. The fraction of sp³-hybridized carbons (Fsp3) is 0.333. The van der Waals surface area contributed by atoms with Crippen LogP contribution >= 0.6 is 0 Å². The van der Waals surface area contributed by atoms with E-state index in [-0.39, 0.29) is 0 Å². The summed E-state index contributed by atoms with van der Waals surface area (Å²) in [6, 6.07) is 26.7. The third-order valence-electron chi connectivity index (χ3n) is 7.93. The van der Waals surface area contributed by atoms with Gasteiger partial charge in [-0.3, -0.25) is 0 Å². The maximum Gasteiger partial charge on any atom is 0.0319 e. The van der Waals surface area contributed by atoms with Crippen molar-refractivity contribution < 1.29 is 0 Å². The molecule has 0 aliphatic carbocycles. The van der Waals surface area contributed by atoms with Crippen LogP contribution in [0.25, 0.3) is 0 Å². The monoisotopic (exact) mass is 504 g/mol. The van der Waals surface area contributed by atoms with Gasteiger partial charge in [0.1, 0.15) is 0 Å². The fourth-order valence-electron chi connectivity index (χ4n) is 5.68. The molecule has 0 bridgehead atoms. The first-order chi connectivity index (χ1) is 18.3. The van der Waals surface area contributed by atoms with Crippen LogP contribution in [-0.4, -0.2) is 0 Å². The first-order valence-electron chi connectivity index (χ1n) is 14.2. The van der Waals surface area contributed by atoms with E-state index in [0.717, 1.165) is 24.2 Å². The lowest BCUT2D eigenvalue weighted by Gasteiger charge is -2.12. The van der Waals surface area contributed by atoms with Crippen LogP contribution in [0, 0.1) is 27.7 Å². The average Bonchev–Trinajstić information content (AvgIpc) is 2.87. The molecular formula is C36H44N2. The second-order valence-electron chi connectivity index (χ2n) is 11.2. The number of unbranched alkanes of at least 4 members (excludes halogenated alkanes) is 3. The van der Waals surface area contributed by atoms with E-state index in [9.17, 15) is 0 Å². The summed E-state index contributed by atoms with van der Waals surface area (Å²) in [6.45, 7) is 8.64. The zero-order chi connectivity index (χ0) is 27.1. The van der Waals surface area contributed by atoms with Crippen molar-refractivity contribution in [1.82, 2.24) is 0 Å². The van der Waals surface area contributed by atoms with Gasteiger partial charge in [0.05, 0.1) is 0 Å². The zero-order valence-corrected chi connectivity index (χ0v) is 23.7. The van der Waals surface area contributed by atoms with Crippen molar-refractivity contribution in [1.29, 1.82) is 0 Å². The van der Waals surface area contributed by atoms with E-state index in [4.69, 9.17) is 11.5 Å². The van der Waals surface area contributed by atoms with E-state index >= 15 is 0 Å². The van der Waals surface area contributed by atoms with Crippen LogP contribution in [0.2, 0.25) is 0 Å². The second kappa shape index (κ2) is 12.8. The summed E-state index contributed by atoms with van der Waals surface area (Å²) >= 11 is 0. The second-order valence-corrected chi connectivity index (χ2v) is 11.2. The van der Waals surface area contributed by atoms with Crippen molar-refractivity contribution in [2.45, 2.75) is 79.1 Å². The van der Waals surface area contributed by atoms with E-state index in [1.54, 1.807) is 0 Å². The molecule has 0 saturated carbocycles. The maximum atomic E-state index is 5.99. The summed E-state index contributed by atoms with van der Waals surface area (Å²) in [7, 11) is 0. The first-order valence-corrected chi connectivity index (χ1v) is 14.2. The van der Waals surface area contributed by atoms with Gasteiger partial charge >= 0.3 is 0 Å². The highest BCUT2D eigenvalue weighted by molar-refractivity contribution is 5.51. The Morgan fingerprint density at radius 1 is 0.421 bits per heavy atom. The largest absolute Gasteiger partial charge is 0.399 e. The summed E-state index contributed by atoms with van der Waals surface area (Å²) < 4.78 is 0. The van der Waals surface area contributed by atoms with E-state index in [0.29, 0.717) is 0 Å². The highest BCUT2D eigenvalue weighted by Crippen LogP contribution is 2.23. The Morgan fingerprint density at radius 3 is 1.03 bits per heavy atom. The number of aryl methyl sites for hydroxylation is 6. The molecule has 4 aromatic rings. The van der Waals surface area contributed by atoms with Gasteiger partial charge in [-0.1, -0.05) is 61.4 Å². The third-order valence-corrected chi connectivity index (χ3v) is 7.93. The lowest BCUT2D eigenvalue weighted by atomic mass is 9.94. The van der Waals surface area contributed by atoms with Crippen molar-refractivity contribution in [3.05, 3.63) is 128 Å². The molecule has 0 spiro atoms. The maximum absolute atomic E-state index is 5.99. The van der Waals surface area contributed by atoms with Crippen LogP contribution < -0.4 is 11.5 Å². The van der Waals surface area contributed by atoms with Crippen molar-refractivity contribution in [2.24, 2.45) is 0 Å². The van der Waals surface area contributed by atoms with Crippen LogP contribution in [0.5, 0.6) is 0 Å². The molecule has 0 radical (unpaired) electrons. The number of nitrogen functional groups attached to an aromatic ring is 2. The molecule has 2 nitrogen and oxygen atoms in total. The molecular weight excluding hydrogens is 460 g/mol. The number of rotatable bonds is 11. The molecule has 4 N–H and O–H groups in total. The minimum atomic E-state index is 0.854. The number of nitrogens with two attached hydrogens (primary N) is 2. The van der Waals surface area contributed by atoms with Gasteiger partial charge in [0.2, 0.25) is 0 Å². The molecule has 0 fully saturated rings. The molecule has 0 aromatic heterocycles. The Balaban J connectivity index is 1.16. The van der Waals surface area contributed by atoms with Crippen molar-refractivity contribution in [3.63, 3.8) is 0 Å². The fourth-order valence-corrected chi connectivity index (χ4v) is 5.68. The summed E-state index contributed by atoms with van der Waals surface area (Å²) in [4.78, 5) is 0. The number of benzene rings is 4. The predicted octanol–water partition coefficient (Wildman–Crippen LogP) is 8.61. The summed E-state index contributed by atoms with van der Waals surface area (Å²) in [6.07, 6.45) is 9.37. The Labute approximate surface area is 230 Å². The van der Waals surface area contributed by atoms with Crippen molar-refractivity contribution >= 4 is 11.4 Å². The Bertz CT molecular complexity index is 1190. The third kappa shape index (κ3) is 7.51. The molecule has 0 aliphatic rings. The average molecular weight is 505 g/mol. The van der Waals surface area contributed by atoms with Crippen LogP contribution in [0.1, 0.15) is 81.3 Å². The van der Waals surface area contributed by atoms with Crippen LogP contribution in [0.3, 0.4) is 0 Å². The molecule has 4 rings (SSSR count). The molecule has 198 valence electrons. The Morgan fingerprint density at radius 2 is 0.711 bits per heavy atom. The Hall–Kier alpha value is -3.52. The van der Waals surface area contributed by atoms with Crippen molar-refractivity contribution in [3.8, 4) is 0 Å². The molecule has 0 heterocycles. The summed E-state index contributed by atoms with van der Waals surface area (Å²) in [5.74, 6) is 0. The van der Waals surface area contributed by atoms with Crippen LogP contribution in [0.15, 0.2) is 72.8 Å². The smallest absolute Gasteiger partial charge is 0.0319 e. The summed E-state index contributed by atoms with van der Waals surface area (Å²) in [5.41, 5.74) is 27.2. The lowest BCUT2D eigenvalue weighted by molar-refractivity contribution is 0.640. The lowest BCUT2D eigenvalue weighted by Crippen LogP contribution is -1.98. The molecule has 2 heteroatoms. The van der Waals surface area contributed by atoms with Gasteiger partial charge in [-0.15, -0.1) is 0 Å².